The first kappa shape index (κ1) is 15.9. The van der Waals surface area contributed by atoms with E-state index in [1.54, 1.807) is 0 Å². The zero-order valence-corrected chi connectivity index (χ0v) is 11.7. The summed E-state index contributed by atoms with van der Waals surface area (Å²) in [6.07, 6.45) is 8.00. The minimum absolute atomic E-state index is 1.16. The van der Waals surface area contributed by atoms with Gasteiger partial charge in [0, 0.05) is 13.1 Å². The van der Waals surface area contributed by atoms with Crippen molar-refractivity contribution in [3.8, 4) is 0 Å². The number of nitrogens with zero attached hydrogens (tertiary/aromatic N) is 1. The van der Waals surface area contributed by atoms with E-state index >= 15 is 0 Å². The summed E-state index contributed by atoms with van der Waals surface area (Å²) in [4.78, 5) is 2.57. The monoisotopic (exact) mass is 228 g/mol. The summed E-state index contributed by atoms with van der Waals surface area (Å²) < 4.78 is 0. The highest BCUT2D eigenvalue weighted by atomic mass is 15.1. The maximum absolute atomic E-state index is 3.55. The zero-order valence-electron chi connectivity index (χ0n) is 11.7. The van der Waals surface area contributed by atoms with Crippen molar-refractivity contribution < 1.29 is 0 Å². The predicted octanol–water partition coefficient (Wildman–Crippen LogP) is 3.28. The van der Waals surface area contributed by atoms with E-state index in [2.05, 4.69) is 31.0 Å². The van der Waals surface area contributed by atoms with Gasteiger partial charge in [0.25, 0.3) is 0 Å². The van der Waals surface area contributed by atoms with E-state index in [1.165, 1.54) is 64.7 Å². The second kappa shape index (κ2) is 13.0. The Morgan fingerprint density at radius 1 is 0.688 bits per heavy atom. The van der Waals surface area contributed by atoms with Gasteiger partial charge < -0.3 is 10.2 Å². The molecule has 0 aromatic carbocycles. The minimum atomic E-state index is 1.16. The second-order valence-corrected chi connectivity index (χ2v) is 4.65. The Bertz CT molecular complexity index is 120. The molecule has 0 aromatic rings. The molecule has 16 heavy (non-hydrogen) atoms. The van der Waals surface area contributed by atoms with Crippen LogP contribution in [0.5, 0.6) is 0 Å². The number of unbranched alkanes of at least 4 members (excludes halogenated alkanes) is 3. The van der Waals surface area contributed by atoms with Crippen LogP contribution in [-0.4, -0.2) is 37.6 Å². The maximum atomic E-state index is 3.55. The molecule has 0 fully saturated rings. The lowest BCUT2D eigenvalue weighted by Crippen LogP contribution is -2.33. The van der Waals surface area contributed by atoms with Crippen molar-refractivity contribution in [2.75, 3.05) is 32.7 Å². The lowest BCUT2D eigenvalue weighted by Gasteiger charge is -2.20. The molecule has 0 atom stereocenters. The van der Waals surface area contributed by atoms with Crippen LogP contribution < -0.4 is 5.32 Å². The molecule has 0 bridgehead atoms. The van der Waals surface area contributed by atoms with Crippen LogP contribution in [0, 0.1) is 0 Å². The molecule has 2 nitrogen and oxygen atoms in total. The van der Waals surface area contributed by atoms with Gasteiger partial charge in [-0.1, -0.05) is 40.0 Å². The Balaban J connectivity index is 3.25. The molecule has 1 N–H and O–H groups in total. The molecule has 0 saturated carbocycles. The summed E-state index contributed by atoms with van der Waals surface area (Å²) in [5, 5.41) is 3.55. The van der Waals surface area contributed by atoms with E-state index in [0.717, 1.165) is 6.54 Å². The maximum Gasteiger partial charge on any atom is 0.0107 e. The first-order valence-electron chi connectivity index (χ1n) is 7.28. The van der Waals surface area contributed by atoms with Crippen molar-refractivity contribution in [2.45, 2.75) is 59.3 Å². The van der Waals surface area contributed by atoms with Gasteiger partial charge in [-0.3, -0.25) is 0 Å². The Hall–Kier alpha value is -0.0800. The molecule has 0 aliphatic carbocycles. The van der Waals surface area contributed by atoms with E-state index in [0.29, 0.717) is 0 Å². The van der Waals surface area contributed by atoms with Gasteiger partial charge >= 0.3 is 0 Å². The Morgan fingerprint density at radius 2 is 1.38 bits per heavy atom. The highest BCUT2D eigenvalue weighted by molar-refractivity contribution is 4.58. The first-order chi connectivity index (χ1) is 7.85. The number of hydrogen-bond donors (Lipinski definition) is 1. The normalized spacial score (nSPS) is 11.2. The average molecular weight is 228 g/mol. The van der Waals surface area contributed by atoms with Crippen LogP contribution in [-0.2, 0) is 0 Å². The summed E-state index contributed by atoms with van der Waals surface area (Å²) in [6, 6.07) is 0. The predicted molar refractivity (Wildman–Crippen MR) is 74.0 cm³/mol. The van der Waals surface area contributed by atoms with Crippen LogP contribution in [0.4, 0.5) is 0 Å². The van der Waals surface area contributed by atoms with Crippen molar-refractivity contribution in [1.29, 1.82) is 0 Å². The third-order valence-corrected chi connectivity index (χ3v) is 2.89. The molecule has 0 saturated heterocycles. The smallest absolute Gasteiger partial charge is 0.0107 e. The van der Waals surface area contributed by atoms with Gasteiger partial charge in [0.15, 0.2) is 0 Å². The molecule has 98 valence electrons. The van der Waals surface area contributed by atoms with Crippen LogP contribution in [0.25, 0.3) is 0 Å². The summed E-state index contributed by atoms with van der Waals surface area (Å²) in [5.41, 5.74) is 0. The SMILES string of the molecule is CCCCCCNCCN(CCC)CCC. The molecule has 0 unspecified atom stereocenters. The van der Waals surface area contributed by atoms with Crippen LogP contribution in [0.1, 0.15) is 59.3 Å². The summed E-state index contributed by atoms with van der Waals surface area (Å²) in [5.74, 6) is 0. The van der Waals surface area contributed by atoms with Gasteiger partial charge in [-0.05, 0) is 38.9 Å². The van der Waals surface area contributed by atoms with Crippen molar-refractivity contribution in [3.63, 3.8) is 0 Å². The Labute approximate surface area is 103 Å². The molecule has 2 heteroatoms. The van der Waals surface area contributed by atoms with Crippen LogP contribution in [0.3, 0.4) is 0 Å². The molecule has 0 aliphatic rings. The fourth-order valence-corrected chi connectivity index (χ4v) is 2.01. The Kier molecular flexibility index (Phi) is 12.9. The second-order valence-electron chi connectivity index (χ2n) is 4.65. The van der Waals surface area contributed by atoms with Crippen LogP contribution in [0.2, 0.25) is 0 Å². The third-order valence-electron chi connectivity index (χ3n) is 2.89. The lowest BCUT2D eigenvalue weighted by atomic mass is 10.2. The fourth-order valence-electron chi connectivity index (χ4n) is 2.01. The Morgan fingerprint density at radius 3 is 1.94 bits per heavy atom. The zero-order chi connectivity index (χ0) is 12.1. The molecule has 0 spiro atoms. The van der Waals surface area contributed by atoms with Gasteiger partial charge in [-0.15, -0.1) is 0 Å². The quantitative estimate of drug-likeness (QED) is 0.516. The summed E-state index contributed by atoms with van der Waals surface area (Å²) in [7, 11) is 0. The molecular weight excluding hydrogens is 196 g/mol. The lowest BCUT2D eigenvalue weighted by molar-refractivity contribution is 0.274. The van der Waals surface area contributed by atoms with Crippen molar-refractivity contribution in [2.24, 2.45) is 0 Å². The van der Waals surface area contributed by atoms with Crippen LogP contribution in [0.15, 0.2) is 0 Å². The molecular formula is C14H32N2. The number of hydrogen-bond acceptors (Lipinski definition) is 2. The summed E-state index contributed by atoms with van der Waals surface area (Å²) in [6.45, 7) is 12.9. The standard InChI is InChI=1S/C14H32N2/c1-4-7-8-9-10-15-11-14-16(12-5-2)13-6-3/h15H,4-14H2,1-3H3. The molecule has 0 amide bonds. The number of nitrogens with one attached hydrogen (secondary N) is 1. The molecule has 0 heterocycles. The van der Waals surface area contributed by atoms with E-state index in [4.69, 9.17) is 0 Å². The molecule has 0 radical (unpaired) electrons. The number of rotatable bonds is 12. The summed E-state index contributed by atoms with van der Waals surface area (Å²) >= 11 is 0. The third kappa shape index (κ3) is 10.4. The molecule has 0 rings (SSSR count). The molecule has 0 aromatic heterocycles. The largest absolute Gasteiger partial charge is 0.315 e. The minimum Gasteiger partial charge on any atom is -0.315 e. The van der Waals surface area contributed by atoms with Gasteiger partial charge in [0.2, 0.25) is 0 Å². The van der Waals surface area contributed by atoms with Gasteiger partial charge in [0.1, 0.15) is 0 Å². The first-order valence-corrected chi connectivity index (χ1v) is 7.28. The van der Waals surface area contributed by atoms with Crippen molar-refractivity contribution in [3.05, 3.63) is 0 Å². The van der Waals surface area contributed by atoms with E-state index in [1.807, 2.05) is 0 Å². The van der Waals surface area contributed by atoms with Gasteiger partial charge in [-0.25, -0.2) is 0 Å². The van der Waals surface area contributed by atoms with E-state index in [9.17, 15) is 0 Å². The average Bonchev–Trinajstić information content (AvgIpc) is 2.28. The van der Waals surface area contributed by atoms with Gasteiger partial charge in [0.05, 0.1) is 0 Å². The molecule has 0 aliphatic heterocycles. The van der Waals surface area contributed by atoms with Gasteiger partial charge in [-0.2, -0.15) is 0 Å². The van der Waals surface area contributed by atoms with Crippen LogP contribution >= 0.6 is 0 Å². The van der Waals surface area contributed by atoms with Crippen molar-refractivity contribution in [1.82, 2.24) is 10.2 Å². The van der Waals surface area contributed by atoms with Crippen molar-refractivity contribution >= 4 is 0 Å². The van der Waals surface area contributed by atoms with E-state index < -0.39 is 0 Å². The highest BCUT2D eigenvalue weighted by Gasteiger charge is 2.00. The van der Waals surface area contributed by atoms with E-state index in [-0.39, 0.29) is 0 Å². The topological polar surface area (TPSA) is 15.3 Å². The fraction of sp³-hybridized carbons (Fsp3) is 1.00. The highest BCUT2D eigenvalue weighted by Crippen LogP contribution is 1.97.